The molecule has 3 amide bonds. The number of anilines is 1. The van der Waals surface area contributed by atoms with Crippen molar-refractivity contribution in [2.45, 2.75) is 77.4 Å². The molecule has 2 saturated heterocycles. The summed E-state index contributed by atoms with van der Waals surface area (Å²) in [5, 5.41) is 5.04. The number of urea groups is 1. The number of halogens is 1. The summed E-state index contributed by atoms with van der Waals surface area (Å²) in [6.07, 6.45) is 2.65. The molecule has 1 aliphatic carbocycles. The molecule has 3 aromatic heterocycles. The maximum Gasteiger partial charge on any atom is 0.438 e. The van der Waals surface area contributed by atoms with Gasteiger partial charge in [0.2, 0.25) is 5.95 Å². The standard InChI is InChI=1S/C46H47FN8O6/c1-26-20-34(21-27(2)38(26)47)54-40(56)35-12-15-52(29(4)39(35)48-43(54)53-17-16-51(45(53)59)25-30-8-6-5-7-9-30)41(57)37-23-33-22-32(31-13-18-60-19-14-31)10-11-36(33)55(37)46(24-28(46)3)42-49-44(58)61-50-42/h5-11,20-23,28-29,31H,12-19,24-25H2,1-4H3,(H,49,50,58)/t28-,29+,46+/m0/s1. The number of hydrogen-bond acceptors (Lipinski definition) is 8. The van der Waals surface area contributed by atoms with E-state index >= 15 is 4.79 Å². The Morgan fingerprint density at radius 2 is 1.69 bits per heavy atom. The average molecular weight is 827 g/mol. The van der Waals surface area contributed by atoms with Crippen LogP contribution in [0.3, 0.4) is 0 Å². The summed E-state index contributed by atoms with van der Waals surface area (Å²) in [5.74, 6) is -0.476. The van der Waals surface area contributed by atoms with Crippen LogP contribution >= 0.6 is 0 Å². The number of amides is 3. The Balaban J connectivity index is 1.08. The first-order valence-corrected chi connectivity index (χ1v) is 21.1. The van der Waals surface area contributed by atoms with E-state index in [-0.39, 0.29) is 54.7 Å². The number of aromatic nitrogens is 5. The molecule has 0 bridgehead atoms. The number of benzene rings is 3. The summed E-state index contributed by atoms with van der Waals surface area (Å²) >= 11 is 0. The van der Waals surface area contributed by atoms with Crippen molar-refractivity contribution in [3.63, 3.8) is 0 Å². The van der Waals surface area contributed by atoms with E-state index in [1.54, 1.807) is 35.8 Å². The molecule has 1 N–H and O–H groups in total. The number of carbonyl (C=O) groups is 2. The van der Waals surface area contributed by atoms with Crippen molar-refractivity contribution < 1.29 is 23.2 Å². The second-order valence-corrected chi connectivity index (χ2v) is 17.1. The lowest BCUT2D eigenvalue weighted by Crippen LogP contribution is -2.45. The normalized spacial score (nSPS) is 21.7. The first-order valence-electron chi connectivity index (χ1n) is 21.1. The Bertz CT molecular complexity index is 2840. The van der Waals surface area contributed by atoms with E-state index in [2.05, 4.69) is 35.3 Å². The number of aryl methyl sites for hydroxylation is 2. The minimum atomic E-state index is -0.831. The van der Waals surface area contributed by atoms with Crippen molar-refractivity contribution in [2.24, 2.45) is 5.92 Å². The van der Waals surface area contributed by atoms with Gasteiger partial charge in [-0.25, -0.2) is 23.5 Å². The highest BCUT2D eigenvalue weighted by molar-refractivity contribution is 6.00. The first kappa shape index (κ1) is 38.8. The summed E-state index contributed by atoms with van der Waals surface area (Å²) in [7, 11) is 0. The molecule has 4 aliphatic rings. The van der Waals surface area contributed by atoms with Crippen LogP contribution in [0.25, 0.3) is 16.6 Å². The van der Waals surface area contributed by atoms with Gasteiger partial charge < -0.3 is 19.1 Å². The topological polar surface area (TPSA) is 152 Å². The number of hydrogen-bond donors (Lipinski definition) is 1. The molecule has 14 nitrogen and oxygen atoms in total. The second-order valence-electron chi connectivity index (χ2n) is 17.1. The zero-order valence-corrected chi connectivity index (χ0v) is 34.6. The minimum absolute atomic E-state index is 0.0194. The molecule has 0 spiro atoms. The fourth-order valence-electron chi connectivity index (χ4n) is 10.0. The van der Waals surface area contributed by atoms with Gasteiger partial charge in [0, 0.05) is 55.9 Å². The Kier molecular flexibility index (Phi) is 9.34. The van der Waals surface area contributed by atoms with Gasteiger partial charge in [-0.1, -0.05) is 48.5 Å². The number of H-pyrrole nitrogens is 1. The molecule has 6 heterocycles. The number of ether oxygens (including phenoxy) is 1. The number of fused-ring (bicyclic) bond motifs is 2. The van der Waals surface area contributed by atoms with Crippen LogP contribution in [0.15, 0.2) is 80.8 Å². The highest BCUT2D eigenvalue weighted by Gasteiger charge is 2.59. The van der Waals surface area contributed by atoms with Gasteiger partial charge in [-0.15, -0.1) is 0 Å². The van der Waals surface area contributed by atoms with E-state index in [0.717, 1.165) is 29.3 Å². The smallest absolute Gasteiger partial charge is 0.381 e. The lowest BCUT2D eigenvalue weighted by atomic mass is 9.91. The maximum atomic E-state index is 15.3. The Labute approximate surface area is 350 Å². The summed E-state index contributed by atoms with van der Waals surface area (Å²) in [5.41, 5.74) is 4.17. The van der Waals surface area contributed by atoms with E-state index in [4.69, 9.17) is 14.2 Å². The summed E-state index contributed by atoms with van der Waals surface area (Å²) in [6.45, 7) is 9.88. The van der Waals surface area contributed by atoms with Crippen molar-refractivity contribution >= 4 is 28.8 Å². The highest BCUT2D eigenvalue weighted by atomic mass is 19.1. The zero-order chi connectivity index (χ0) is 42.3. The van der Waals surface area contributed by atoms with Crippen molar-refractivity contribution in [1.29, 1.82) is 0 Å². The van der Waals surface area contributed by atoms with E-state index in [1.807, 2.05) is 47.9 Å². The molecular formula is C46H47FN8O6. The number of carbonyl (C=O) groups excluding carboxylic acids is 2. The van der Waals surface area contributed by atoms with E-state index in [0.29, 0.717) is 78.2 Å². The molecule has 0 unspecified atom stereocenters. The molecule has 15 heteroatoms. The van der Waals surface area contributed by atoms with Crippen molar-refractivity contribution in [1.82, 2.24) is 34.1 Å². The van der Waals surface area contributed by atoms with E-state index in [1.165, 1.54) is 15.0 Å². The minimum Gasteiger partial charge on any atom is -0.381 e. The molecule has 3 fully saturated rings. The molecule has 61 heavy (non-hydrogen) atoms. The van der Waals surface area contributed by atoms with Crippen LogP contribution in [0.2, 0.25) is 0 Å². The highest BCUT2D eigenvalue weighted by Crippen LogP contribution is 2.56. The van der Waals surface area contributed by atoms with Crippen LogP contribution in [0, 0.1) is 25.6 Å². The molecule has 3 atom stereocenters. The average Bonchev–Trinajstić information content (AvgIpc) is 3.56. The largest absolute Gasteiger partial charge is 0.438 e. The third-order valence-electron chi connectivity index (χ3n) is 13.4. The maximum absolute atomic E-state index is 15.3. The Morgan fingerprint density at radius 3 is 2.38 bits per heavy atom. The van der Waals surface area contributed by atoms with Crippen molar-refractivity contribution in [2.75, 3.05) is 37.7 Å². The Morgan fingerprint density at radius 1 is 0.951 bits per heavy atom. The molecule has 10 rings (SSSR count). The Hall–Kier alpha value is -6.35. The fourth-order valence-corrected chi connectivity index (χ4v) is 10.0. The van der Waals surface area contributed by atoms with Crippen LogP contribution in [-0.4, -0.2) is 78.8 Å². The van der Waals surface area contributed by atoms with Crippen LogP contribution in [0.1, 0.15) is 94.9 Å². The van der Waals surface area contributed by atoms with E-state index < -0.39 is 17.3 Å². The van der Waals surface area contributed by atoms with Crippen molar-refractivity contribution in [3.05, 3.63) is 138 Å². The predicted molar refractivity (Wildman–Crippen MR) is 225 cm³/mol. The SMILES string of the molecule is Cc1cc(-n2c(N3CCN(Cc4ccccc4)C3=O)nc3c(c2=O)CCN(C(=O)c2cc4cc(C5CCOCC5)ccc4n2[C@]2(c4noc(=O)[nH]4)C[C@@H]2C)[C@@H]3C)cc(C)c1F. The molecule has 6 aromatic rings. The van der Waals surface area contributed by atoms with Gasteiger partial charge in [0.15, 0.2) is 5.82 Å². The quantitative estimate of drug-likeness (QED) is 0.183. The van der Waals surface area contributed by atoms with Crippen molar-refractivity contribution in [3.8, 4) is 5.69 Å². The third kappa shape index (κ3) is 6.31. The van der Waals surface area contributed by atoms with Gasteiger partial charge in [0.1, 0.15) is 17.1 Å². The molecule has 3 aromatic carbocycles. The van der Waals surface area contributed by atoms with Gasteiger partial charge >= 0.3 is 11.8 Å². The van der Waals surface area contributed by atoms with Gasteiger partial charge in [0.25, 0.3) is 11.5 Å². The lowest BCUT2D eigenvalue weighted by molar-refractivity contribution is 0.0658. The van der Waals surface area contributed by atoms with Gasteiger partial charge in [-0.05, 0) is 111 Å². The zero-order valence-electron chi connectivity index (χ0n) is 34.6. The molecular weight excluding hydrogens is 780 g/mol. The number of nitrogens with one attached hydrogen (secondary N) is 1. The fraction of sp³-hybridized carbons (Fsp3) is 0.391. The molecule has 0 radical (unpaired) electrons. The van der Waals surface area contributed by atoms with Crippen LogP contribution < -0.4 is 16.2 Å². The first-order chi connectivity index (χ1) is 29.4. The summed E-state index contributed by atoms with van der Waals surface area (Å²) in [4.78, 5) is 69.6. The monoisotopic (exact) mass is 826 g/mol. The number of nitrogens with zero attached hydrogens (tertiary/aromatic N) is 7. The van der Waals surface area contributed by atoms with Gasteiger partial charge in [-0.3, -0.25) is 24.0 Å². The lowest BCUT2D eigenvalue weighted by Gasteiger charge is -2.36. The second kappa shape index (κ2) is 14.7. The number of rotatable bonds is 8. The summed E-state index contributed by atoms with van der Waals surface area (Å²) < 4.78 is 29.1. The van der Waals surface area contributed by atoms with Crippen LogP contribution in [-0.2, 0) is 23.2 Å². The predicted octanol–water partition coefficient (Wildman–Crippen LogP) is 6.50. The summed E-state index contributed by atoms with van der Waals surface area (Å²) in [6, 6.07) is 20.2. The van der Waals surface area contributed by atoms with Crippen LogP contribution in [0.4, 0.5) is 15.1 Å². The molecule has 314 valence electrons. The van der Waals surface area contributed by atoms with Crippen LogP contribution in [0.5, 0.6) is 0 Å². The molecule has 1 saturated carbocycles. The number of aromatic amines is 1. The molecule has 3 aliphatic heterocycles. The van der Waals surface area contributed by atoms with Gasteiger partial charge in [0.05, 0.1) is 17.4 Å². The van der Waals surface area contributed by atoms with Gasteiger partial charge in [-0.2, -0.15) is 0 Å². The third-order valence-corrected chi connectivity index (χ3v) is 13.4. The van der Waals surface area contributed by atoms with E-state index in [9.17, 15) is 18.8 Å².